The van der Waals surface area contributed by atoms with Gasteiger partial charge in [0.1, 0.15) is 13.2 Å². The third kappa shape index (κ3) is 2.57. The normalized spacial score (nSPS) is 25.0. The smallest absolute Gasteiger partial charge is 0.163 e. The summed E-state index contributed by atoms with van der Waals surface area (Å²) in [4.78, 5) is 2.47. The molecule has 1 saturated heterocycles. The zero-order chi connectivity index (χ0) is 13.4. The lowest BCUT2D eigenvalue weighted by Crippen LogP contribution is -2.27. The molecule has 0 bridgehead atoms. The molecule has 20 heavy (non-hydrogen) atoms. The monoisotopic (exact) mass is 274 g/mol. The summed E-state index contributed by atoms with van der Waals surface area (Å²) in [7, 11) is 0. The Morgan fingerprint density at radius 2 is 1.95 bits per heavy atom. The van der Waals surface area contributed by atoms with E-state index < -0.39 is 0 Å². The number of ether oxygens (including phenoxy) is 2. The molecule has 0 aromatic heterocycles. The molecule has 1 atom stereocenters. The highest BCUT2D eigenvalue weighted by molar-refractivity contribution is 5.57. The van der Waals surface area contributed by atoms with Crippen LogP contribution in [0.4, 0.5) is 5.69 Å². The minimum atomic E-state index is 0.657. The molecule has 2 aliphatic heterocycles. The largest absolute Gasteiger partial charge is 0.486 e. The van der Waals surface area contributed by atoms with Gasteiger partial charge in [-0.1, -0.05) is 0 Å². The highest BCUT2D eigenvalue weighted by Gasteiger charge is 2.27. The molecule has 1 saturated carbocycles. The number of anilines is 1. The van der Waals surface area contributed by atoms with Crippen LogP contribution in [-0.4, -0.2) is 38.9 Å². The van der Waals surface area contributed by atoms with E-state index in [2.05, 4.69) is 22.3 Å². The van der Waals surface area contributed by atoms with Crippen molar-refractivity contribution in [1.82, 2.24) is 5.32 Å². The van der Waals surface area contributed by atoms with Crippen LogP contribution in [0, 0.1) is 5.92 Å². The quantitative estimate of drug-likeness (QED) is 0.911. The van der Waals surface area contributed by atoms with Crippen LogP contribution in [-0.2, 0) is 0 Å². The van der Waals surface area contributed by atoms with E-state index >= 15 is 0 Å². The van der Waals surface area contributed by atoms with Crippen molar-refractivity contribution >= 4 is 5.69 Å². The first kappa shape index (κ1) is 12.3. The van der Waals surface area contributed by atoms with Crippen molar-refractivity contribution in [3.63, 3.8) is 0 Å². The zero-order valence-electron chi connectivity index (χ0n) is 11.8. The van der Waals surface area contributed by atoms with Crippen LogP contribution in [0.2, 0.25) is 0 Å². The van der Waals surface area contributed by atoms with Crippen molar-refractivity contribution < 1.29 is 9.47 Å². The van der Waals surface area contributed by atoms with Crippen molar-refractivity contribution in [2.24, 2.45) is 5.92 Å². The second-order valence-electron chi connectivity index (χ2n) is 6.11. The molecule has 3 aliphatic rings. The molecule has 0 amide bonds. The van der Waals surface area contributed by atoms with Gasteiger partial charge < -0.3 is 19.7 Å². The summed E-state index contributed by atoms with van der Waals surface area (Å²) in [6.07, 6.45) is 4.03. The van der Waals surface area contributed by atoms with E-state index in [1.54, 1.807) is 0 Å². The van der Waals surface area contributed by atoms with Gasteiger partial charge in [-0.2, -0.15) is 0 Å². The van der Waals surface area contributed by atoms with E-state index in [1.807, 2.05) is 6.07 Å². The Morgan fingerprint density at radius 1 is 1.10 bits per heavy atom. The van der Waals surface area contributed by atoms with Crippen molar-refractivity contribution in [1.29, 1.82) is 0 Å². The maximum atomic E-state index is 5.67. The first-order valence-electron chi connectivity index (χ1n) is 7.76. The number of hydrogen-bond acceptors (Lipinski definition) is 4. The van der Waals surface area contributed by atoms with Crippen molar-refractivity contribution in [2.75, 3.05) is 37.7 Å². The lowest BCUT2D eigenvalue weighted by atomic mass is 10.1. The van der Waals surface area contributed by atoms with E-state index in [0.29, 0.717) is 13.2 Å². The summed E-state index contributed by atoms with van der Waals surface area (Å²) in [5, 5.41) is 3.65. The van der Waals surface area contributed by atoms with Gasteiger partial charge >= 0.3 is 0 Å². The summed E-state index contributed by atoms with van der Waals surface area (Å²) >= 11 is 0. The number of hydrogen-bond donors (Lipinski definition) is 1. The van der Waals surface area contributed by atoms with Crippen LogP contribution in [0.3, 0.4) is 0 Å². The van der Waals surface area contributed by atoms with Crippen LogP contribution in [0.15, 0.2) is 18.2 Å². The van der Waals surface area contributed by atoms with Gasteiger partial charge in [0, 0.05) is 30.9 Å². The first-order valence-corrected chi connectivity index (χ1v) is 7.76. The molecule has 2 heterocycles. The third-order valence-corrected chi connectivity index (χ3v) is 4.45. The molecule has 1 aromatic carbocycles. The van der Waals surface area contributed by atoms with E-state index in [-0.39, 0.29) is 0 Å². The van der Waals surface area contributed by atoms with Gasteiger partial charge in [0.05, 0.1) is 0 Å². The number of nitrogens with one attached hydrogen (secondary N) is 1. The Bertz CT molecular complexity index is 487. The maximum absolute atomic E-state index is 5.67. The van der Waals surface area contributed by atoms with Crippen LogP contribution < -0.4 is 19.7 Å². The Morgan fingerprint density at radius 3 is 2.80 bits per heavy atom. The van der Waals surface area contributed by atoms with Gasteiger partial charge in [-0.25, -0.2) is 0 Å². The Balaban J connectivity index is 1.40. The third-order valence-electron chi connectivity index (χ3n) is 4.45. The molecule has 4 heteroatoms. The summed E-state index contributed by atoms with van der Waals surface area (Å²) in [5.41, 5.74) is 1.27. The zero-order valence-corrected chi connectivity index (χ0v) is 11.8. The summed E-state index contributed by atoms with van der Waals surface area (Å²) < 4.78 is 11.3. The van der Waals surface area contributed by atoms with Crippen LogP contribution >= 0.6 is 0 Å². The molecule has 4 rings (SSSR count). The number of rotatable bonds is 4. The Labute approximate surface area is 120 Å². The molecular formula is C16H22N2O2. The minimum Gasteiger partial charge on any atom is -0.486 e. The van der Waals surface area contributed by atoms with E-state index in [4.69, 9.17) is 9.47 Å². The standard InChI is InChI=1S/C16H22N2O2/c1-2-13(1)17-10-12-5-6-18(11-12)14-3-4-15-16(9-14)20-8-7-19-15/h3-4,9,12-13,17H,1-2,5-8,10-11H2. The fraction of sp³-hybridized carbons (Fsp3) is 0.625. The molecule has 0 radical (unpaired) electrons. The molecular weight excluding hydrogens is 252 g/mol. The average molecular weight is 274 g/mol. The average Bonchev–Trinajstić information content (AvgIpc) is 3.21. The minimum absolute atomic E-state index is 0.657. The SMILES string of the molecule is c1cc2c(cc1N1CCC(CNC3CC3)C1)OCCO2. The predicted molar refractivity (Wildman–Crippen MR) is 78.8 cm³/mol. The molecule has 4 nitrogen and oxygen atoms in total. The molecule has 1 unspecified atom stereocenters. The van der Waals surface area contributed by atoms with Crippen LogP contribution in [0.1, 0.15) is 19.3 Å². The molecule has 0 spiro atoms. The van der Waals surface area contributed by atoms with Gasteiger partial charge in [0.15, 0.2) is 11.5 Å². The summed E-state index contributed by atoms with van der Waals surface area (Å²) in [6, 6.07) is 7.15. The lowest BCUT2D eigenvalue weighted by Gasteiger charge is -2.23. The Hall–Kier alpha value is -1.42. The lowest BCUT2D eigenvalue weighted by molar-refractivity contribution is 0.171. The second-order valence-corrected chi connectivity index (χ2v) is 6.11. The number of benzene rings is 1. The fourth-order valence-electron chi connectivity index (χ4n) is 3.08. The molecule has 1 aliphatic carbocycles. The van der Waals surface area contributed by atoms with Crippen molar-refractivity contribution in [2.45, 2.75) is 25.3 Å². The molecule has 108 valence electrons. The molecule has 1 aromatic rings. The second kappa shape index (κ2) is 5.17. The van der Waals surface area contributed by atoms with E-state index in [9.17, 15) is 0 Å². The van der Waals surface area contributed by atoms with Gasteiger partial charge in [0.25, 0.3) is 0 Å². The number of fused-ring (bicyclic) bond motifs is 1. The van der Waals surface area contributed by atoms with Gasteiger partial charge in [-0.15, -0.1) is 0 Å². The number of nitrogens with zero attached hydrogens (tertiary/aromatic N) is 1. The predicted octanol–water partition coefficient (Wildman–Crippen LogP) is 2.04. The highest BCUT2D eigenvalue weighted by Crippen LogP contribution is 2.35. The van der Waals surface area contributed by atoms with Gasteiger partial charge in [-0.3, -0.25) is 0 Å². The summed E-state index contributed by atoms with van der Waals surface area (Å²) in [6.45, 7) is 4.79. The van der Waals surface area contributed by atoms with Crippen LogP contribution in [0.5, 0.6) is 11.5 Å². The topological polar surface area (TPSA) is 33.7 Å². The molecule has 1 N–H and O–H groups in total. The maximum Gasteiger partial charge on any atom is 0.163 e. The van der Waals surface area contributed by atoms with E-state index in [1.165, 1.54) is 31.5 Å². The first-order chi connectivity index (χ1) is 9.88. The van der Waals surface area contributed by atoms with E-state index in [0.717, 1.165) is 36.5 Å². The van der Waals surface area contributed by atoms with Gasteiger partial charge in [-0.05, 0) is 43.9 Å². The van der Waals surface area contributed by atoms with Crippen molar-refractivity contribution in [3.05, 3.63) is 18.2 Å². The Kier molecular flexibility index (Phi) is 3.19. The fourth-order valence-corrected chi connectivity index (χ4v) is 3.08. The van der Waals surface area contributed by atoms with Crippen LogP contribution in [0.25, 0.3) is 0 Å². The highest BCUT2D eigenvalue weighted by atomic mass is 16.6. The molecule has 2 fully saturated rings. The summed E-state index contributed by atoms with van der Waals surface area (Å²) in [5.74, 6) is 2.56. The van der Waals surface area contributed by atoms with Gasteiger partial charge in [0.2, 0.25) is 0 Å². The van der Waals surface area contributed by atoms with Crippen molar-refractivity contribution in [3.8, 4) is 11.5 Å².